The summed E-state index contributed by atoms with van der Waals surface area (Å²) in [7, 11) is 0. The van der Waals surface area contributed by atoms with Gasteiger partial charge in [0.25, 0.3) is 0 Å². The Kier molecular flexibility index (Phi) is 3.88. The van der Waals surface area contributed by atoms with Gasteiger partial charge >= 0.3 is 6.03 Å². The summed E-state index contributed by atoms with van der Waals surface area (Å²) in [6.45, 7) is 5.68. The van der Waals surface area contributed by atoms with Crippen LogP contribution in [0.2, 0.25) is 0 Å². The van der Waals surface area contributed by atoms with Gasteiger partial charge in [-0.2, -0.15) is 0 Å². The minimum absolute atomic E-state index is 0.263. The maximum atomic E-state index is 12.4. The van der Waals surface area contributed by atoms with Crippen molar-refractivity contribution in [1.29, 1.82) is 0 Å². The third-order valence-corrected chi connectivity index (χ3v) is 4.37. The van der Waals surface area contributed by atoms with Crippen molar-refractivity contribution >= 4 is 33.8 Å². The van der Waals surface area contributed by atoms with Crippen LogP contribution in [0.1, 0.15) is 30.2 Å². The van der Waals surface area contributed by atoms with Gasteiger partial charge in [-0.25, -0.2) is 9.78 Å². The van der Waals surface area contributed by atoms with Crippen LogP contribution in [0.3, 0.4) is 0 Å². The molecule has 0 aliphatic heterocycles. The third kappa shape index (κ3) is 2.90. The smallest absolute Gasteiger partial charge is 0.319 e. The number of carbonyl (C=O) groups excluding carboxylic acids is 1. The van der Waals surface area contributed by atoms with Crippen LogP contribution in [-0.4, -0.2) is 11.0 Å². The number of hydrogen-bond acceptors (Lipinski definition) is 4. The first-order valence-corrected chi connectivity index (χ1v) is 8.44. The number of para-hydroxylation sites is 1. The van der Waals surface area contributed by atoms with E-state index in [9.17, 15) is 4.79 Å². The van der Waals surface area contributed by atoms with Crippen molar-refractivity contribution in [1.82, 2.24) is 10.3 Å². The standard InChI is InChI=1S/C20H19N3O3/c1-11-15-6-4-5-7-17(15)26-19(11)12(2)21-20(24)23-14-8-9-18-16(10-14)22-13(3)25-18/h4-10,12H,1-3H3,(H2,21,23,24)/t12-/m0/s1. The largest absolute Gasteiger partial charge is 0.459 e. The lowest BCUT2D eigenvalue weighted by molar-refractivity contribution is 0.248. The third-order valence-electron chi connectivity index (χ3n) is 4.37. The van der Waals surface area contributed by atoms with Crippen molar-refractivity contribution in [2.75, 3.05) is 5.32 Å². The van der Waals surface area contributed by atoms with Crippen molar-refractivity contribution < 1.29 is 13.6 Å². The molecule has 26 heavy (non-hydrogen) atoms. The number of nitrogens with zero attached hydrogens (tertiary/aromatic N) is 1. The van der Waals surface area contributed by atoms with E-state index < -0.39 is 0 Å². The summed E-state index contributed by atoms with van der Waals surface area (Å²) in [6.07, 6.45) is 0. The Hall–Kier alpha value is -3.28. The van der Waals surface area contributed by atoms with Crippen LogP contribution in [0.5, 0.6) is 0 Å². The van der Waals surface area contributed by atoms with Gasteiger partial charge in [0.2, 0.25) is 0 Å². The van der Waals surface area contributed by atoms with Crippen molar-refractivity contribution in [3.8, 4) is 0 Å². The second-order valence-electron chi connectivity index (χ2n) is 6.32. The SMILES string of the molecule is Cc1nc2cc(NC(=O)N[C@@H](C)c3oc4ccccc4c3C)ccc2o1. The number of nitrogens with one attached hydrogen (secondary N) is 2. The van der Waals surface area contributed by atoms with E-state index in [2.05, 4.69) is 15.6 Å². The fourth-order valence-electron chi connectivity index (χ4n) is 3.16. The van der Waals surface area contributed by atoms with E-state index in [0.29, 0.717) is 22.7 Å². The highest BCUT2D eigenvalue weighted by Gasteiger charge is 2.18. The number of aromatic nitrogens is 1. The van der Waals surface area contributed by atoms with E-state index in [1.54, 1.807) is 25.1 Å². The van der Waals surface area contributed by atoms with E-state index in [4.69, 9.17) is 8.83 Å². The first kappa shape index (κ1) is 16.2. The number of anilines is 1. The van der Waals surface area contributed by atoms with Crippen molar-refractivity contribution in [3.05, 3.63) is 59.7 Å². The van der Waals surface area contributed by atoms with Crippen LogP contribution in [0.4, 0.5) is 10.5 Å². The zero-order chi connectivity index (χ0) is 18.3. The van der Waals surface area contributed by atoms with Crippen molar-refractivity contribution in [3.63, 3.8) is 0 Å². The molecule has 0 bridgehead atoms. The molecule has 132 valence electrons. The number of urea groups is 1. The molecule has 2 heterocycles. The van der Waals surface area contributed by atoms with E-state index in [1.807, 2.05) is 38.1 Å². The topological polar surface area (TPSA) is 80.3 Å². The molecule has 4 rings (SSSR count). The average molecular weight is 349 g/mol. The summed E-state index contributed by atoms with van der Waals surface area (Å²) >= 11 is 0. The molecule has 0 aliphatic carbocycles. The molecule has 2 aromatic heterocycles. The molecule has 4 aromatic rings. The van der Waals surface area contributed by atoms with Crippen LogP contribution in [0, 0.1) is 13.8 Å². The Labute approximate surface area is 150 Å². The second-order valence-corrected chi connectivity index (χ2v) is 6.32. The molecule has 0 aliphatic rings. The maximum Gasteiger partial charge on any atom is 0.319 e. The predicted octanol–water partition coefficient (Wildman–Crippen LogP) is 5.07. The molecule has 2 N–H and O–H groups in total. The van der Waals surface area contributed by atoms with E-state index in [0.717, 1.165) is 22.3 Å². The lowest BCUT2D eigenvalue weighted by atomic mass is 10.1. The van der Waals surface area contributed by atoms with Crippen molar-refractivity contribution in [2.24, 2.45) is 0 Å². The van der Waals surface area contributed by atoms with Gasteiger partial charge < -0.3 is 19.5 Å². The maximum absolute atomic E-state index is 12.4. The Bertz CT molecular complexity index is 1110. The normalized spacial score (nSPS) is 12.4. The van der Waals surface area contributed by atoms with Gasteiger partial charge in [0.15, 0.2) is 11.5 Å². The number of aryl methyl sites for hydroxylation is 2. The number of rotatable bonds is 3. The van der Waals surface area contributed by atoms with Gasteiger partial charge in [-0.15, -0.1) is 0 Å². The zero-order valence-corrected chi connectivity index (χ0v) is 14.8. The van der Waals surface area contributed by atoms with Crippen LogP contribution >= 0.6 is 0 Å². The molecule has 0 radical (unpaired) electrons. The fourth-order valence-corrected chi connectivity index (χ4v) is 3.16. The van der Waals surface area contributed by atoms with Crippen LogP contribution < -0.4 is 10.6 Å². The summed E-state index contributed by atoms with van der Waals surface area (Å²) in [4.78, 5) is 16.6. The number of benzene rings is 2. The Morgan fingerprint density at radius 1 is 1.08 bits per heavy atom. The highest BCUT2D eigenvalue weighted by molar-refractivity contribution is 5.92. The predicted molar refractivity (Wildman–Crippen MR) is 100 cm³/mol. The van der Waals surface area contributed by atoms with Gasteiger partial charge in [0, 0.05) is 23.6 Å². The molecule has 2 aromatic carbocycles. The minimum atomic E-state index is -0.308. The Morgan fingerprint density at radius 3 is 2.69 bits per heavy atom. The molecular formula is C20H19N3O3. The van der Waals surface area contributed by atoms with Crippen LogP contribution in [0.25, 0.3) is 22.1 Å². The van der Waals surface area contributed by atoms with E-state index in [-0.39, 0.29) is 12.1 Å². The summed E-state index contributed by atoms with van der Waals surface area (Å²) < 4.78 is 11.3. The van der Waals surface area contributed by atoms with Gasteiger partial charge in [-0.3, -0.25) is 0 Å². The second kappa shape index (κ2) is 6.22. The zero-order valence-electron chi connectivity index (χ0n) is 14.8. The first-order chi connectivity index (χ1) is 12.5. The summed E-state index contributed by atoms with van der Waals surface area (Å²) in [5, 5.41) is 6.79. The number of amides is 2. The van der Waals surface area contributed by atoms with Gasteiger partial charge in [-0.05, 0) is 38.1 Å². The fraction of sp³-hybridized carbons (Fsp3) is 0.200. The molecule has 0 fully saturated rings. The number of hydrogen-bond donors (Lipinski definition) is 2. The molecule has 6 heteroatoms. The Morgan fingerprint density at radius 2 is 1.88 bits per heavy atom. The molecule has 0 saturated heterocycles. The molecule has 2 amide bonds. The number of carbonyl (C=O) groups is 1. The molecule has 0 spiro atoms. The van der Waals surface area contributed by atoms with Crippen molar-refractivity contribution in [2.45, 2.75) is 26.8 Å². The highest BCUT2D eigenvalue weighted by atomic mass is 16.3. The molecule has 1 atom stereocenters. The minimum Gasteiger partial charge on any atom is -0.459 e. The lowest BCUT2D eigenvalue weighted by Gasteiger charge is -2.13. The highest BCUT2D eigenvalue weighted by Crippen LogP contribution is 2.29. The van der Waals surface area contributed by atoms with E-state index in [1.165, 1.54) is 0 Å². The van der Waals surface area contributed by atoms with Crippen LogP contribution in [0.15, 0.2) is 51.3 Å². The number of furan rings is 1. The summed E-state index contributed by atoms with van der Waals surface area (Å²) in [6, 6.07) is 12.6. The number of fused-ring (bicyclic) bond motifs is 2. The monoisotopic (exact) mass is 349 g/mol. The molecular weight excluding hydrogens is 330 g/mol. The number of oxazole rings is 1. The summed E-state index contributed by atoms with van der Waals surface area (Å²) in [5.74, 6) is 1.35. The summed E-state index contributed by atoms with van der Waals surface area (Å²) in [5.41, 5.74) is 3.91. The van der Waals surface area contributed by atoms with Crippen LogP contribution in [-0.2, 0) is 0 Å². The lowest BCUT2D eigenvalue weighted by Crippen LogP contribution is -2.31. The first-order valence-electron chi connectivity index (χ1n) is 8.44. The van der Waals surface area contributed by atoms with Gasteiger partial charge in [0.05, 0.1) is 6.04 Å². The average Bonchev–Trinajstić information content (AvgIpc) is 3.14. The molecule has 6 nitrogen and oxygen atoms in total. The molecule has 0 unspecified atom stereocenters. The quantitative estimate of drug-likeness (QED) is 0.541. The van der Waals surface area contributed by atoms with Gasteiger partial charge in [0.1, 0.15) is 16.9 Å². The van der Waals surface area contributed by atoms with Gasteiger partial charge in [-0.1, -0.05) is 18.2 Å². The Balaban J connectivity index is 1.50. The van der Waals surface area contributed by atoms with E-state index >= 15 is 0 Å². The molecule has 0 saturated carbocycles.